The molecule has 2 heterocycles. The first kappa shape index (κ1) is 24.6. The second kappa shape index (κ2) is 10.1. The Hall–Kier alpha value is -4.10. The highest BCUT2D eigenvalue weighted by atomic mass is 35.5. The summed E-state index contributed by atoms with van der Waals surface area (Å²) in [4.78, 5) is 41.1. The molecule has 1 aliphatic heterocycles. The van der Waals surface area contributed by atoms with Gasteiger partial charge in [0.1, 0.15) is 11.3 Å². The molecule has 188 valence electrons. The number of hydrogen-bond donors (Lipinski definition) is 0. The second-order valence-corrected chi connectivity index (χ2v) is 9.01. The van der Waals surface area contributed by atoms with Gasteiger partial charge in [0.2, 0.25) is 5.76 Å². The summed E-state index contributed by atoms with van der Waals surface area (Å²) in [6.45, 7) is 4.60. The molecule has 1 unspecified atom stereocenters. The highest BCUT2D eigenvalue weighted by Gasteiger charge is 2.43. The van der Waals surface area contributed by atoms with E-state index >= 15 is 0 Å². The van der Waals surface area contributed by atoms with Crippen molar-refractivity contribution in [3.05, 3.63) is 104 Å². The van der Waals surface area contributed by atoms with E-state index in [1.807, 2.05) is 31.2 Å². The number of carbonyl (C=O) groups is 2. The standard InChI is InChI=1S/C29H24ClNO6/c1-3-15-36-21-12-7-17(8-13-21)25-24-26(32)22-16-19(30)9-14-23(22)37-27(24)28(33)31(25)20-10-5-18(6-11-20)29(34)35-4-2/h5-14,16,25H,3-4,15H2,1-2H3. The maximum atomic E-state index is 13.7. The third-order valence-electron chi connectivity index (χ3n) is 6.16. The molecule has 1 atom stereocenters. The van der Waals surface area contributed by atoms with Crippen molar-refractivity contribution in [2.75, 3.05) is 18.1 Å². The van der Waals surface area contributed by atoms with Gasteiger partial charge in [-0.1, -0.05) is 30.7 Å². The number of carbonyl (C=O) groups excluding carboxylic acids is 2. The van der Waals surface area contributed by atoms with Gasteiger partial charge in [-0.15, -0.1) is 0 Å². The molecule has 4 aromatic rings. The zero-order valence-corrected chi connectivity index (χ0v) is 21.1. The molecule has 8 heteroatoms. The molecule has 1 aromatic heterocycles. The van der Waals surface area contributed by atoms with Gasteiger partial charge in [0, 0.05) is 10.7 Å². The third-order valence-corrected chi connectivity index (χ3v) is 6.39. The van der Waals surface area contributed by atoms with E-state index in [1.54, 1.807) is 49.4 Å². The van der Waals surface area contributed by atoms with Crippen LogP contribution >= 0.6 is 11.6 Å². The number of fused-ring (bicyclic) bond motifs is 2. The monoisotopic (exact) mass is 517 g/mol. The van der Waals surface area contributed by atoms with Crippen LogP contribution in [-0.2, 0) is 4.74 Å². The van der Waals surface area contributed by atoms with Gasteiger partial charge in [-0.3, -0.25) is 14.5 Å². The van der Waals surface area contributed by atoms with Crippen molar-refractivity contribution in [1.82, 2.24) is 0 Å². The lowest BCUT2D eigenvalue weighted by molar-refractivity contribution is 0.0526. The van der Waals surface area contributed by atoms with Crippen LogP contribution in [-0.4, -0.2) is 25.1 Å². The SMILES string of the molecule is CCCOc1ccc(C2c3c(oc4ccc(Cl)cc4c3=O)C(=O)N2c2ccc(C(=O)OCC)cc2)cc1. The lowest BCUT2D eigenvalue weighted by atomic mass is 9.98. The molecule has 0 spiro atoms. The summed E-state index contributed by atoms with van der Waals surface area (Å²) in [6.07, 6.45) is 0.874. The summed E-state index contributed by atoms with van der Waals surface area (Å²) in [6, 6.07) is 17.8. The van der Waals surface area contributed by atoms with Gasteiger partial charge >= 0.3 is 5.97 Å². The smallest absolute Gasteiger partial charge is 0.338 e. The molecular formula is C29H24ClNO6. The molecule has 0 N–H and O–H groups in total. The summed E-state index contributed by atoms with van der Waals surface area (Å²) in [5.74, 6) is -0.239. The number of halogens is 1. The van der Waals surface area contributed by atoms with Gasteiger partial charge in [0.15, 0.2) is 5.43 Å². The summed E-state index contributed by atoms with van der Waals surface area (Å²) in [5, 5.41) is 0.691. The van der Waals surface area contributed by atoms with Crippen LogP contribution in [0.5, 0.6) is 5.75 Å². The van der Waals surface area contributed by atoms with Crippen molar-refractivity contribution in [1.29, 1.82) is 0 Å². The average Bonchev–Trinajstić information content (AvgIpc) is 3.20. The van der Waals surface area contributed by atoms with Crippen LogP contribution in [0.2, 0.25) is 5.02 Å². The number of ether oxygens (including phenoxy) is 2. The number of hydrogen-bond acceptors (Lipinski definition) is 6. The number of nitrogens with zero attached hydrogens (tertiary/aromatic N) is 1. The maximum Gasteiger partial charge on any atom is 0.338 e. The highest BCUT2D eigenvalue weighted by Crippen LogP contribution is 2.41. The van der Waals surface area contributed by atoms with E-state index < -0.39 is 17.9 Å². The quantitative estimate of drug-likeness (QED) is 0.273. The third kappa shape index (κ3) is 4.47. The molecule has 0 saturated heterocycles. The van der Waals surface area contributed by atoms with Crippen molar-refractivity contribution >= 4 is 40.1 Å². The van der Waals surface area contributed by atoms with E-state index in [9.17, 15) is 14.4 Å². The van der Waals surface area contributed by atoms with Gasteiger partial charge in [0.05, 0.1) is 35.8 Å². The summed E-state index contributed by atoms with van der Waals surface area (Å²) in [5.41, 5.74) is 1.76. The van der Waals surface area contributed by atoms with E-state index in [-0.39, 0.29) is 28.9 Å². The van der Waals surface area contributed by atoms with Gasteiger partial charge in [0.25, 0.3) is 5.91 Å². The van der Waals surface area contributed by atoms with Crippen molar-refractivity contribution in [2.24, 2.45) is 0 Å². The number of rotatable bonds is 7. The van der Waals surface area contributed by atoms with Crippen LogP contribution in [0.15, 0.2) is 75.9 Å². The Morgan fingerprint density at radius 2 is 1.73 bits per heavy atom. The number of amides is 1. The Labute approximate surface area is 218 Å². The topological polar surface area (TPSA) is 86.0 Å². The fourth-order valence-corrected chi connectivity index (χ4v) is 4.64. The fraction of sp³-hybridized carbons (Fsp3) is 0.207. The first-order valence-corrected chi connectivity index (χ1v) is 12.4. The van der Waals surface area contributed by atoms with Crippen LogP contribution in [0.3, 0.4) is 0 Å². The van der Waals surface area contributed by atoms with Gasteiger partial charge in [-0.25, -0.2) is 4.79 Å². The Morgan fingerprint density at radius 1 is 1.00 bits per heavy atom. The Morgan fingerprint density at radius 3 is 2.41 bits per heavy atom. The van der Waals surface area contributed by atoms with Crippen LogP contribution in [0.25, 0.3) is 11.0 Å². The van der Waals surface area contributed by atoms with Crippen LogP contribution < -0.4 is 15.1 Å². The Bertz CT molecular complexity index is 1540. The summed E-state index contributed by atoms with van der Waals surface area (Å²) >= 11 is 6.16. The molecule has 0 aliphatic carbocycles. The molecule has 37 heavy (non-hydrogen) atoms. The normalized spacial score (nSPS) is 14.6. The minimum absolute atomic E-state index is 0.0226. The van der Waals surface area contributed by atoms with Crippen molar-refractivity contribution in [2.45, 2.75) is 26.3 Å². The van der Waals surface area contributed by atoms with Crippen molar-refractivity contribution in [3.8, 4) is 5.75 Å². The molecule has 1 aliphatic rings. The number of esters is 1. The van der Waals surface area contributed by atoms with E-state index in [0.29, 0.717) is 39.6 Å². The lowest BCUT2D eigenvalue weighted by Crippen LogP contribution is -2.29. The maximum absolute atomic E-state index is 13.7. The minimum Gasteiger partial charge on any atom is -0.494 e. The zero-order chi connectivity index (χ0) is 26.1. The summed E-state index contributed by atoms with van der Waals surface area (Å²) in [7, 11) is 0. The summed E-state index contributed by atoms with van der Waals surface area (Å²) < 4.78 is 16.7. The van der Waals surface area contributed by atoms with Gasteiger partial charge < -0.3 is 13.9 Å². The molecule has 0 radical (unpaired) electrons. The van der Waals surface area contributed by atoms with Crippen molar-refractivity contribution in [3.63, 3.8) is 0 Å². The number of anilines is 1. The predicted octanol–water partition coefficient (Wildman–Crippen LogP) is 6.16. The van der Waals surface area contributed by atoms with Crippen molar-refractivity contribution < 1.29 is 23.5 Å². The molecule has 1 amide bonds. The van der Waals surface area contributed by atoms with E-state index in [1.165, 1.54) is 4.90 Å². The first-order valence-electron chi connectivity index (χ1n) is 12.0. The van der Waals surface area contributed by atoms with E-state index in [4.69, 9.17) is 25.5 Å². The largest absolute Gasteiger partial charge is 0.494 e. The second-order valence-electron chi connectivity index (χ2n) is 8.58. The van der Waals surface area contributed by atoms with Gasteiger partial charge in [-0.05, 0) is 73.5 Å². The number of benzene rings is 3. The molecule has 0 saturated carbocycles. The Balaban J connectivity index is 1.65. The van der Waals surface area contributed by atoms with Crippen LogP contribution in [0, 0.1) is 0 Å². The molecule has 0 fully saturated rings. The van der Waals surface area contributed by atoms with E-state index in [2.05, 4.69) is 0 Å². The molecule has 0 bridgehead atoms. The first-order chi connectivity index (χ1) is 17.9. The highest BCUT2D eigenvalue weighted by molar-refractivity contribution is 6.31. The fourth-order valence-electron chi connectivity index (χ4n) is 4.47. The minimum atomic E-state index is -0.754. The molecular weight excluding hydrogens is 494 g/mol. The van der Waals surface area contributed by atoms with E-state index in [0.717, 1.165) is 6.42 Å². The Kier molecular flexibility index (Phi) is 6.72. The van der Waals surface area contributed by atoms with Gasteiger partial charge in [-0.2, -0.15) is 0 Å². The van der Waals surface area contributed by atoms with Crippen LogP contribution in [0.1, 0.15) is 58.3 Å². The zero-order valence-electron chi connectivity index (χ0n) is 20.3. The lowest BCUT2D eigenvalue weighted by Gasteiger charge is -2.25. The predicted molar refractivity (Wildman–Crippen MR) is 141 cm³/mol. The molecule has 3 aromatic carbocycles. The molecule has 5 rings (SSSR count). The molecule has 7 nitrogen and oxygen atoms in total. The van der Waals surface area contributed by atoms with Crippen LogP contribution in [0.4, 0.5) is 5.69 Å². The average molecular weight is 518 g/mol.